The normalized spacial score (nSPS) is 10.2. The third-order valence-corrected chi connectivity index (χ3v) is 2.68. The van der Waals surface area contributed by atoms with E-state index in [0.717, 1.165) is 0 Å². The van der Waals surface area contributed by atoms with Crippen LogP contribution in [0.15, 0.2) is 6.07 Å². The first-order valence-corrected chi connectivity index (χ1v) is 6.37. The minimum atomic E-state index is -0.812. The predicted octanol–water partition coefficient (Wildman–Crippen LogP) is 1.33. The third kappa shape index (κ3) is 5.03. The van der Waals surface area contributed by atoms with Crippen LogP contribution in [0.25, 0.3) is 0 Å². The maximum absolute atomic E-state index is 12.0. The molecule has 0 atom stereocenters. The molecule has 1 heterocycles. The van der Waals surface area contributed by atoms with Gasteiger partial charge in [0.1, 0.15) is 0 Å². The molecule has 0 saturated heterocycles. The molecule has 0 unspecified atom stereocenters. The molecule has 1 aromatic rings. The van der Waals surface area contributed by atoms with Gasteiger partial charge in [-0.15, -0.1) is 0 Å². The van der Waals surface area contributed by atoms with Crippen LogP contribution in [-0.2, 0) is 11.2 Å². The van der Waals surface area contributed by atoms with E-state index in [9.17, 15) is 9.59 Å². The maximum Gasteiger partial charge on any atom is 0.303 e. The average Bonchev–Trinajstić information content (AvgIpc) is 2.37. The lowest BCUT2D eigenvalue weighted by atomic mass is 10.1. The van der Waals surface area contributed by atoms with Crippen LogP contribution >= 0.6 is 0 Å². The van der Waals surface area contributed by atoms with Gasteiger partial charge in [0, 0.05) is 13.0 Å². The summed E-state index contributed by atoms with van der Waals surface area (Å²) in [6, 6.07) is 1.72. The van der Waals surface area contributed by atoms with Gasteiger partial charge in [0.05, 0.1) is 17.0 Å². The Bertz CT molecular complexity index is 460. The van der Waals surface area contributed by atoms with Gasteiger partial charge in [-0.05, 0) is 32.3 Å². The molecule has 19 heavy (non-hydrogen) atoms. The minimum absolute atomic E-state index is 0.131. The van der Waals surface area contributed by atoms with Gasteiger partial charge in [0.2, 0.25) is 0 Å². The van der Waals surface area contributed by atoms with Crippen LogP contribution < -0.4 is 5.32 Å². The molecule has 0 spiro atoms. The highest BCUT2D eigenvalue weighted by molar-refractivity contribution is 5.95. The number of hydrogen-bond donors (Lipinski definition) is 2. The van der Waals surface area contributed by atoms with Crippen LogP contribution in [0.3, 0.4) is 0 Å². The van der Waals surface area contributed by atoms with E-state index in [0.29, 0.717) is 42.8 Å². The smallest absolute Gasteiger partial charge is 0.303 e. The highest BCUT2D eigenvalue weighted by Crippen LogP contribution is 2.07. The number of rotatable bonds is 7. The van der Waals surface area contributed by atoms with Crippen LogP contribution in [-0.4, -0.2) is 33.7 Å². The molecule has 0 aliphatic heterocycles. The molecule has 0 aliphatic rings. The molecule has 0 saturated carbocycles. The SMILES string of the molecule is CCc1nnc(C)cc1C(=O)NCCCCC(=O)O. The van der Waals surface area contributed by atoms with Gasteiger partial charge >= 0.3 is 5.97 Å². The molecule has 1 rings (SSSR count). The summed E-state index contributed by atoms with van der Waals surface area (Å²) in [4.78, 5) is 22.3. The number of nitrogens with zero attached hydrogens (tertiary/aromatic N) is 2. The number of carboxylic acids is 1. The van der Waals surface area contributed by atoms with E-state index in [1.165, 1.54) is 0 Å². The molecule has 1 aromatic heterocycles. The summed E-state index contributed by atoms with van der Waals surface area (Å²) < 4.78 is 0. The van der Waals surface area contributed by atoms with Crippen molar-refractivity contribution in [1.82, 2.24) is 15.5 Å². The summed E-state index contributed by atoms with van der Waals surface area (Å²) in [7, 11) is 0. The summed E-state index contributed by atoms with van der Waals surface area (Å²) >= 11 is 0. The number of amides is 1. The monoisotopic (exact) mass is 265 g/mol. The summed E-state index contributed by atoms with van der Waals surface area (Å²) in [5, 5.41) is 19.2. The number of carboxylic acid groups (broad SMARTS) is 1. The Morgan fingerprint density at radius 2 is 2.05 bits per heavy atom. The van der Waals surface area contributed by atoms with Crippen molar-refractivity contribution < 1.29 is 14.7 Å². The highest BCUT2D eigenvalue weighted by Gasteiger charge is 2.12. The van der Waals surface area contributed by atoms with Gasteiger partial charge in [0.15, 0.2) is 0 Å². The first-order valence-electron chi connectivity index (χ1n) is 6.37. The summed E-state index contributed by atoms with van der Waals surface area (Å²) in [5.41, 5.74) is 1.93. The number of nitrogens with one attached hydrogen (secondary N) is 1. The number of carbonyl (C=O) groups excluding carboxylic acids is 1. The predicted molar refractivity (Wildman–Crippen MR) is 70.0 cm³/mol. The number of aromatic nitrogens is 2. The maximum atomic E-state index is 12.0. The fourth-order valence-electron chi connectivity index (χ4n) is 1.67. The van der Waals surface area contributed by atoms with Crippen LogP contribution in [0.1, 0.15) is 47.9 Å². The van der Waals surface area contributed by atoms with E-state index in [1.54, 1.807) is 13.0 Å². The number of carbonyl (C=O) groups is 2. The number of hydrogen-bond acceptors (Lipinski definition) is 4. The molecule has 0 radical (unpaired) electrons. The Hall–Kier alpha value is -1.98. The van der Waals surface area contributed by atoms with Crippen LogP contribution in [0.5, 0.6) is 0 Å². The van der Waals surface area contributed by atoms with Crippen molar-refractivity contribution in [2.24, 2.45) is 0 Å². The second-order valence-corrected chi connectivity index (χ2v) is 4.31. The molecular formula is C13H19N3O3. The van der Waals surface area contributed by atoms with Crippen molar-refractivity contribution in [3.05, 3.63) is 23.0 Å². The minimum Gasteiger partial charge on any atom is -0.481 e. The first kappa shape index (κ1) is 15.1. The summed E-state index contributed by atoms with van der Waals surface area (Å²) in [6.07, 6.45) is 1.99. The fraction of sp³-hybridized carbons (Fsp3) is 0.538. The molecule has 2 N–H and O–H groups in total. The van der Waals surface area contributed by atoms with Crippen molar-refractivity contribution in [3.63, 3.8) is 0 Å². The standard InChI is InChI=1S/C13H19N3O3/c1-3-11-10(8-9(2)15-16-11)13(19)14-7-5-4-6-12(17)18/h8H,3-7H2,1-2H3,(H,14,19)(H,17,18). The van der Waals surface area contributed by atoms with Gasteiger partial charge in [0.25, 0.3) is 5.91 Å². The van der Waals surface area contributed by atoms with Gasteiger partial charge in [-0.1, -0.05) is 6.92 Å². The third-order valence-electron chi connectivity index (χ3n) is 2.68. The molecule has 0 fully saturated rings. The first-order chi connectivity index (χ1) is 9.04. The van der Waals surface area contributed by atoms with E-state index < -0.39 is 5.97 Å². The second kappa shape index (κ2) is 7.45. The number of aliphatic carboxylic acids is 1. The summed E-state index contributed by atoms with van der Waals surface area (Å²) in [6.45, 7) is 4.18. The van der Waals surface area contributed by atoms with Crippen molar-refractivity contribution >= 4 is 11.9 Å². The zero-order valence-electron chi connectivity index (χ0n) is 11.3. The van der Waals surface area contributed by atoms with Crippen molar-refractivity contribution in [2.75, 3.05) is 6.54 Å². The lowest BCUT2D eigenvalue weighted by Gasteiger charge is -2.08. The highest BCUT2D eigenvalue weighted by atomic mass is 16.4. The van der Waals surface area contributed by atoms with Crippen molar-refractivity contribution in [3.8, 4) is 0 Å². The van der Waals surface area contributed by atoms with E-state index in [4.69, 9.17) is 5.11 Å². The van der Waals surface area contributed by atoms with Crippen LogP contribution in [0.4, 0.5) is 0 Å². The average molecular weight is 265 g/mol. The zero-order chi connectivity index (χ0) is 14.3. The summed E-state index contributed by atoms with van der Waals surface area (Å²) in [5.74, 6) is -0.987. The van der Waals surface area contributed by atoms with Crippen molar-refractivity contribution in [2.45, 2.75) is 39.5 Å². The van der Waals surface area contributed by atoms with E-state index in [-0.39, 0.29) is 12.3 Å². The molecule has 0 aliphatic carbocycles. The lowest BCUT2D eigenvalue weighted by Crippen LogP contribution is -2.26. The quantitative estimate of drug-likeness (QED) is 0.726. The van der Waals surface area contributed by atoms with Crippen LogP contribution in [0.2, 0.25) is 0 Å². The molecule has 6 nitrogen and oxygen atoms in total. The Balaban J connectivity index is 2.49. The Kier molecular flexibility index (Phi) is 5.92. The van der Waals surface area contributed by atoms with E-state index in [1.807, 2.05) is 6.92 Å². The van der Waals surface area contributed by atoms with Crippen molar-refractivity contribution in [1.29, 1.82) is 0 Å². The molecule has 1 amide bonds. The Morgan fingerprint density at radius 1 is 1.32 bits per heavy atom. The lowest BCUT2D eigenvalue weighted by molar-refractivity contribution is -0.137. The zero-order valence-corrected chi connectivity index (χ0v) is 11.3. The molecule has 0 aromatic carbocycles. The molecule has 104 valence electrons. The largest absolute Gasteiger partial charge is 0.481 e. The molecular weight excluding hydrogens is 246 g/mol. The molecule has 0 bridgehead atoms. The number of aryl methyl sites for hydroxylation is 2. The topological polar surface area (TPSA) is 92.2 Å². The van der Waals surface area contributed by atoms with Crippen LogP contribution in [0, 0.1) is 6.92 Å². The second-order valence-electron chi connectivity index (χ2n) is 4.31. The Morgan fingerprint density at radius 3 is 2.68 bits per heavy atom. The van der Waals surface area contributed by atoms with Gasteiger partial charge in [-0.2, -0.15) is 10.2 Å². The van der Waals surface area contributed by atoms with E-state index in [2.05, 4.69) is 15.5 Å². The van der Waals surface area contributed by atoms with Gasteiger partial charge in [-0.25, -0.2) is 0 Å². The fourth-order valence-corrected chi connectivity index (χ4v) is 1.67. The Labute approximate surface area is 112 Å². The van der Waals surface area contributed by atoms with Gasteiger partial charge in [-0.3, -0.25) is 9.59 Å². The molecule has 6 heteroatoms. The number of unbranched alkanes of at least 4 members (excludes halogenated alkanes) is 1. The van der Waals surface area contributed by atoms with Gasteiger partial charge < -0.3 is 10.4 Å². The van der Waals surface area contributed by atoms with E-state index >= 15 is 0 Å².